The van der Waals surface area contributed by atoms with Crippen molar-refractivity contribution in [3.05, 3.63) is 33.4 Å². The predicted molar refractivity (Wildman–Crippen MR) is 72.2 cm³/mol. The molecule has 2 atom stereocenters. The second kappa shape index (κ2) is 6.20. The molecule has 1 aromatic carbocycles. The van der Waals surface area contributed by atoms with Gasteiger partial charge in [-0.25, -0.2) is 0 Å². The number of methoxy groups -OCH3 is 1. The molecule has 4 heteroatoms. The summed E-state index contributed by atoms with van der Waals surface area (Å²) < 4.78 is 5.87. The number of carbonyl (C=O) groups excluding carboxylic acids is 1. The molecule has 16 heavy (non-hydrogen) atoms. The Labute approximate surface area is 110 Å². The van der Waals surface area contributed by atoms with Gasteiger partial charge in [0.15, 0.2) is 0 Å². The van der Waals surface area contributed by atoms with E-state index in [2.05, 4.69) is 56.9 Å². The van der Waals surface area contributed by atoms with Crippen LogP contribution in [-0.4, -0.2) is 19.1 Å². The molecule has 88 valence electrons. The summed E-state index contributed by atoms with van der Waals surface area (Å²) in [5.41, 5.74) is 1.16. The van der Waals surface area contributed by atoms with Gasteiger partial charge in [-0.2, -0.15) is 0 Å². The normalized spacial score (nSPS) is 14.2. The van der Waals surface area contributed by atoms with Gasteiger partial charge in [0.05, 0.1) is 7.11 Å². The van der Waals surface area contributed by atoms with Crippen LogP contribution in [0.4, 0.5) is 0 Å². The quantitative estimate of drug-likeness (QED) is 0.680. The van der Waals surface area contributed by atoms with E-state index in [0.717, 1.165) is 5.56 Å². The lowest BCUT2D eigenvalue weighted by molar-refractivity contribution is -0.142. The third-order valence-electron chi connectivity index (χ3n) is 2.42. The van der Waals surface area contributed by atoms with E-state index >= 15 is 0 Å². The molecule has 0 aliphatic heterocycles. The zero-order valence-electron chi connectivity index (χ0n) is 9.66. The minimum Gasteiger partial charge on any atom is -0.468 e. The summed E-state index contributed by atoms with van der Waals surface area (Å²) in [6.45, 7) is 3.83. The van der Waals surface area contributed by atoms with Crippen LogP contribution >= 0.6 is 22.6 Å². The Morgan fingerprint density at radius 1 is 1.31 bits per heavy atom. The summed E-state index contributed by atoms with van der Waals surface area (Å²) in [5.74, 6) is -0.239. The van der Waals surface area contributed by atoms with Gasteiger partial charge in [0, 0.05) is 9.61 Å². The average Bonchev–Trinajstić information content (AvgIpc) is 2.28. The van der Waals surface area contributed by atoms with E-state index < -0.39 is 0 Å². The van der Waals surface area contributed by atoms with Crippen molar-refractivity contribution >= 4 is 28.6 Å². The number of hydrogen-bond acceptors (Lipinski definition) is 3. The molecule has 0 saturated heterocycles. The molecule has 0 saturated carbocycles. The molecule has 0 aliphatic carbocycles. The largest absolute Gasteiger partial charge is 0.468 e. The van der Waals surface area contributed by atoms with Crippen LogP contribution in [0.2, 0.25) is 0 Å². The van der Waals surface area contributed by atoms with Crippen LogP contribution in [0, 0.1) is 3.57 Å². The van der Waals surface area contributed by atoms with Crippen LogP contribution in [0.5, 0.6) is 0 Å². The summed E-state index contributed by atoms with van der Waals surface area (Å²) in [6.07, 6.45) is 0. The molecular weight excluding hydrogens is 317 g/mol. The topological polar surface area (TPSA) is 38.3 Å². The van der Waals surface area contributed by atoms with Crippen molar-refractivity contribution in [2.45, 2.75) is 25.9 Å². The summed E-state index contributed by atoms with van der Waals surface area (Å²) in [7, 11) is 1.40. The minimum absolute atomic E-state index is 0.131. The minimum atomic E-state index is -0.292. The summed E-state index contributed by atoms with van der Waals surface area (Å²) in [4.78, 5) is 11.2. The molecule has 1 aromatic rings. The van der Waals surface area contributed by atoms with E-state index in [1.54, 1.807) is 6.92 Å². The molecule has 0 bridgehead atoms. The molecular formula is C12H16INO2. The Morgan fingerprint density at radius 2 is 1.88 bits per heavy atom. The smallest absolute Gasteiger partial charge is 0.322 e. The number of nitrogens with one attached hydrogen (secondary N) is 1. The fraction of sp³-hybridized carbons (Fsp3) is 0.417. The summed E-state index contributed by atoms with van der Waals surface area (Å²) in [6, 6.07) is 8.06. The van der Waals surface area contributed by atoms with E-state index in [1.165, 1.54) is 10.7 Å². The van der Waals surface area contributed by atoms with Crippen LogP contribution in [0.3, 0.4) is 0 Å². The van der Waals surface area contributed by atoms with Gasteiger partial charge in [0.1, 0.15) is 6.04 Å². The van der Waals surface area contributed by atoms with E-state index in [9.17, 15) is 4.79 Å². The molecule has 1 N–H and O–H groups in total. The van der Waals surface area contributed by atoms with E-state index in [4.69, 9.17) is 0 Å². The Balaban J connectivity index is 2.61. The molecule has 0 aromatic heterocycles. The first-order valence-electron chi connectivity index (χ1n) is 5.14. The fourth-order valence-corrected chi connectivity index (χ4v) is 1.83. The van der Waals surface area contributed by atoms with Gasteiger partial charge in [-0.3, -0.25) is 10.1 Å². The first kappa shape index (κ1) is 13.4. The van der Waals surface area contributed by atoms with E-state index in [-0.39, 0.29) is 18.1 Å². The summed E-state index contributed by atoms with van der Waals surface area (Å²) in [5, 5.41) is 3.19. The van der Waals surface area contributed by atoms with Crippen molar-refractivity contribution in [2.24, 2.45) is 0 Å². The van der Waals surface area contributed by atoms with Crippen molar-refractivity contribution < 1.29 is 9.53 Å². The monoisotopic (exact) mass is 333 g/mol. The van der Waals surface area contributed by atoms with Crippen molar-refractivity contribution in [1.82, 2.24) is 5.32 Å². The van der Waals surface area contributed by atoms with Crippen LogP contribution < -0.4 is 5.32 Å². The predicted octanol–water partition coefficient (Wildman–Crippen LogP) is 2.50. The lowest BCUT2D eigenvalue weighted by Gasteiger charge is -2.18. The van der Waals surface area contributed by atoms with Gasteiger partial charge in [-0.1, -0.05) is 12.1 Å². The third-order valence-corrected chi connectivity index (χ3v) is 3.14. The zero-order chi connectivity index (χ0) is 12.1. The molecule has 0 amide bonds. The number of halogens is 1. The van der Waals surface area contributed by atoms with Gasteiger partial charge in [-0.15, -0.1) is 0 Å². The van der Waals surface area contributed by atoms with Crippen molar-refractivity contribution in [1.29, 1.82) is 0 Å². The van der Waals surface area contributed by atoms with Gasteiger partial charge < -0.3 is 4.74 Å². The molecule has 3 nitrogen and oxygen atoms in total. The highest BCUT2D eigenvalue weighted by Crippen LogP contribution is 2.15. The number of hydrogen-bond donors (Lipinski definition) is 1. The van der Waals surface area contributed by atoms with Gasteiger partial charge >= 0.3 is 5.97 Å². The van der Waals surface area contributed by atoms with Gasteiger partial charge in [0.2, 0.25) is 0 Å². The van der Waals surface area contributed by atoms with Gasteiger partial charge in [-0.05, 0) is 54.1 Å². The highest BCUT2D eigenvalue weighted by atomic mass is 127. The number of carbonyl (C=O) groups is 1. The third kappa shape index (κ3) is 3.75. The van der Waals surface area contributed by atoms with Gasteiger partial charge in [0.25, 0.3) is 0 Å². The maximum Gasteiger partial charge on any atom is 0.322 e. The Kier molecular flexibility index (Phi) is 5.21. The zero-order valence-corrected chi connectivity index (χ0v) is 11.8. The lowest BCUT2D eigenvalue weighted by atomic mass is 10.1. The fourth-order valence-electron chi connectivity index (χ4n) is 1.47. The number of ether oxygens (including phenoxy) is 1. The first-order valence-corrected chi connectivity index (χ1v) is 6.21. The molecule has 2 unspecified atom stereocenters. The lowest BCUT2D eigenvalue weighted by Crippen LogP contribution is -2.36. The second-order valence-corrected chi connectivity index (χ2v) is 4.93. The van der Waals surface area contributed by atoms with Crippen LogP contribution in [0.1, 0.15) is 25.5 Å². The number of esters is 1. The van der Waals surface area contributed by atoms with Crippen molar-refractivity contribution in [3.8, 4) is 0 Å². The average molecular weight is 333 g/mol. The molecule has 0 heterocycles. The number of benzene rings is 1. The first-order chi connectivity index (χ1) is 7.54. The Bertz CT molecular complexity index is 351. The Morgan fingerprint density at radius 3 is 2.38 bits per heavy atom. The van der Waals surface area contributed by atoms with Crippen molar-refractivity contribution in [2.75, 3.05) is 7.11 Å². The number of rotatable bonds is 4. The van der Waals surface area contributed by atoms with Crippen LogP contribution in [0.15, 0.2) is 24.3 Å². The Hall–Kier alpha value is -0.620. The SMILES string of the molecule is COC(=O)C(C)NC(C)c1ccc(I)cc1. The molecule has 0 radical (unpaired) electrons. The van der Waals surface area contributed by atoms with E-state index in [1.807, 2.05) is 6.92 Å². The molecule has 0 spiro atoms. The standard InChI is InChI=1S/C12H16INO2/c1-8(14-9(2)12(15)16-3)10-4-6-11(13)7-5-10/h4-9,14H,1-3H3. The maximum atomic E-state index is 11.2. The maximum absolute atomic E-state index is 11.2. The molecule has 1 rings (SSSR count). The second-order valence-electron chi connectivity index (χ2n) is 3.68. The van der Waals surface area contributed by atoms with Crippen molar-refractivity contribution in [3.63, 3.8) is 0 Å². The summed E-state index contributed by atoms with van der Waals surface area (Å²) >= 11 is 2.27. The van der Waals surface area contributed by atoms with Crippen LogP contribution in [0.25, 0.3) is 0 Å². The highest BCUT2D eigenvalue weighted by molar-refractivity contribution is 14.1. The molecule has 0 aliphatic rings. The van der Waals surface area contributed by atoms with Crippen LogP contribution in [-0.2, 0) is 9.53 Å². The molecule has 0 fully saturated rings. The highest BCUT2D eigenvalue weighted by Gasteiger charge is 2.16. The van der Waals surface area contributed by atoms with E-state index in [0.29, 0.717) is 0 Å².